The Morgan fingerprint density at radius 3 is 2.38 bits per heavy atom. The van der Waals surface area contributed by atoms with E-state index in [4.69, 9.17) is 9.15 Å². The first kappa shape index (κ1) is 21.3. The van der Waals surface area contributed by atoms with E-state index in [1.807, 2.05) is 19.9 Å². The molecule has 3 aromatic carbocycles. The van der Waals surface area contributed by atoms with Crippen LogP contribution in [0.15, 0.2) is 63.8 Å². The Balaban J connectivity index is 1.63. The van der Waals surface area contributed by atoms with E-state index in [0.29, 0.717) is 45.4 Å². The minimum atomic E-state index is -0.408. The molecule has 0 spiro atoms. The van der Waals surface area contributed by atoms with Gasteiger partial charge in [0.25, 0.3) is 0 Å². The minimum Gasteiger partial charge on any atom is -0.462 e. The number of carbonyl (C=O) groups excluding carboxylic acids is 2. The largest absolute Gasteiger partial charge is 0.462 e. The van der Waals surface area contributed by atoms with E-state index in [2.05, 4.69) is 5.32 Å². The molecule has 4 rings (SSSR count). The molecule has 0 aliphatic rings. The van der Waals surface area contributed by atoms with Gasteiger partial charge < -0.3 is 14.5 Å². The summed E-state index contributed by atoms with van der Waals surface area (Å²) in [5.74, 6) is -0.668. The van der Waals surface area contributed by atoms with E-state index in [1.54, 1.807) is 55.5 Å². The van der Waals surface area contributed by atoms with E-state index in [-0.39, 0.29) is 17.8 Å². The van der Waals surface area contributed by atoms with Crippen LogP contribution in [-0.2, 0) is 16.0 Å². The molecule has 162 valence electrons. The molecule has 1 aromatic heterocycles. The molecular weight excluding hydrogens is 406 g/mol. The Kier molecular flexibility index (Phi) is 5.77. The lowest BCUT2D eigenvalue weighted by Gasteiger charge is -2.10. The van der Waals surface area contributed by atoms with Gasteiger partial charge in [-0.2, -0.15) is 0 Å². The lowest BCUT2D eigenvalue weighted by Crippen LogP contribution is -2.15. The molecule has 1 heterocycles. The number of hydrogen-bond donors (Lipinski definition) is 1. The van der Waals surface area contributed by atoms with Gasteiger partial charge in [0.05, 0.1) is 29.4 Å². The lowest BCUT2D eigenvalue weighted by molar-refractivity contribution is -0.115. The number of hydrogen-bond acceptors (Lipinski definition) is 5. The summed E-state index contributed by atoms with van der Waals surface area (Å²) in [4.78, 5) is 37.5. The second-order valence-electron chi connectivity index (χ2n) is 7.63. The molecular formula is C26H23NO5. The average molecular weight is 429 g/mol. The van der Waals surface area contributed by atoms with Crippen molar-refractivity contribution >= 4 is 39.5 Å². The summed E-state index contributed by atoms with van der Waals surface area (Å²) < 4.78 is 11.1. The Labute approximate surface area is 184 Å². The van der Waals surface area contributed by atoms with Crippen LogP contribution < -0.4 is 10.7 Å². The number of fused-ring (bicyclic) bond motifs is 2. The van der Waals surface area contributed by atoms with Gasteiger partial charge in [-0.1, -0.05) is 18.2 Å². The summed E-state index contributed by atoms with van der Waals surface area (Å²) in [6.07, 6.45) is 0.0380. The number of ether oxygens (including phenoxy) is 1. The van der Waals surface area contributed by atoms with Gasteiger partial charge in [-0.25, -0.2) is 4.79 Å². The van der Waals surface area contributed by atoms with E-state index in [0.717, 1.165) is 11.1 Å². The molecule has 1 N–H and O–H groups in total. The number of esters is 1. The topological polar surface area (TPSA) is 85.6 Å². The van der Waals surface area contributed by atoms with Gasteiger partial charge in [0.2, 0.25) is 11.3 Å². The molecule has 32 heavy (non-hydrogen) atoms. The Bertz CT molecular complexity index is 1400. The van der Waals surface area contributed by atoms with Crippen molar-refractivity contribution < 1.29 is 18.7 Å². The molecule has 0 atom stereocenters. The smallest absolute Gasteiger partial charge is 0.338 e. The molecule has 0 radical (unpaired) electrons. The maximum atomic E-state index is 13.0. The van der Waals surface area contributed by atoms with Crippen molar-refractivity contribution in [3.63, 3.8) is 0 Å². The SMILES string of the molecule is CCOC(=O)c1ccc(NC(=O)Cc2cccc3c(=O)c4ccc(C)c(C)c4oc23)cc1. The predicted molar refractivity (Wildman–Crippen MR) is 124 cm³/mol. The maximum Gasteiger partial charge on any atom is 0.338 e. The Morgan fingerprint density at radius 1 is 0.938 bits per heavy atom. The van der Waals surface area contributed by atoms with Crippen molar-refractivity contribution in [3.8, 4) is 0 Å². The molecule has 0 unspecified atom stereocenters. The van der Waals surface area contributed by atoms with Gasteiger partial charge in [0, 0.05) is 11.3 Å². The van der Waals surface area contributed by atoms with Gasteiger partial charge in [0.15, 0.2) is 0 Å². The van der Waals surface area contributed by atoms with Gasteiger partial charge >= 0.3 is 5.97 Å². The summed E-state index contributed by atoms with van der Waals surface area (Å²) in [5, 5.41) is 3.79. The molecule has 4 aromatic rings. The highest BCUT2D eigenvalue weighted by Crippen LogP contribution is 2.26. The third-order valence-corrected chi connectivity index (χ3v) is 5.50. The zero-order chi connectivity index (χ0) is 22.8. The normalized spacial score (nSPS) is 11.0. The number of para-hydroxylation sites is 1. The van der Waals surface area contributed by atoms with Gasteiger partial charge in [-0.15, -0.1) is 0 Å². The molecule has 0 bridgehead atoms. The third kappa shape index (κ3) is 3.99. The number of amides is 1. The van der Waals surface area contributed by atoms with Crippen LogP contribution in [0.25, 0.3) is 21.9 Å². The van der Waals surface area contributed by atoms with Crippen LogP contribution in [0, 0.1) is 13.8 Å². The van der Waals surface area contributed by atoms with Gasteiger partial charge in [0.1, 0.15) is 11.2 Å². The van der Waals surface area contributed by atoms with Crippen LogP contribution in [0.2, 0.25) is 0 Å². The number of anilines is 1. The summed E-state index contributed by atoms with van der Waals surface area (Å²) in [7, 11) is 0. The van der Waals surface area contributed by atoms with E-state index >= 15 is 0 Å². The van der Waals surface area contributed by atoms with E-state index in [1.165, 1.54) is 0 Å². The van der Waals surface area contributed by atoms with Crippen molar-refractivity contribution in [2.45, 2.75) is 27.2 Å². The summed E-state index contributed by atoms with van der Waals surface area (Å²) in [5.41, 5.74) is 4.39. The highest BCUT2D eigenvalue weighted by molar-refractivity contribution is 5.98. The first-order valence-corrected chi connectivity index (χ1v) is 10.4. The van der Waals surface area contributed by atoms with Crippen LogP contribution in [0.1, 0.15) is 34.0 Å². The van der Waals surface area contributed by atoms with Gasteiger partial charge in [-0.05, 0) is 68.3 Å². The van der Waals surface area contributed by atoms with Crippen molar-refractivity contribution in [2.24, 2.45) is 0 Å². The number of benzene rings is 3. The summed E-state index contributed by atoms with van der Waals surface area (Å²) in [6, 6.07) is 15.4. The number of carbonyl (C=O) groups is 2. The number of nitrogens with one attached hydrogen (secondary N) is 1. The van der Waals surface area contributed by atoms with Crippen LogP contribution >= 0.6 is 0 Å². The fourth-order valence-corrected chi connectivity index (χ4v) is 3.65. The fraction of sp³-hybridized carbons (Fsp3) is 0.192. The monoisotopic (exact) mass is 429 g/mol. The first-order valence-electron chi connectivity index (χ1n) is 10.4. The Hall–Kier alpha value is -3.93. The zero-order valence-corrected chi connectivity index (χ0v) is 18.2. The highest BCUT2D eigenvalue weighted by Gasteiger charge is 2.15. The Morgan fingerprint density at radius 2 is 1.66 bits per heavy atom. The molecule has 0 fully saturated rings. The highest BCUT2D eigenvalue weighted by atomic mass is 16.5. The molecule has 0 aliphatic heterocycles. The van der Waals surface area contributed by atoms with Crippen molar-refractivity contribution in [3.05, 3.63) is 87.1 Å². The quantitative estimate of drug-likeness (QED) is 0.359. The van der Waals surface area contributed by atoms with Crippen LogP contribution in [-0.4, -0.2) is 18.5 Å². The molecule has 0 saturated heterocycles. The summed E-state index contributed by atoms with van der Waals surface area (Å²) in [6.45, 7) is 5.92. The summed E-state index contributed by atoms with van der Waals surface area (Å²) >= 11 is 0. The standard InChI is InChI=1S/C26H23NO5/c1-4-31-26(30)17-9-11-19(12-10-17)27-22(28)14-18-6-5-7-20-23(29)21-13-8-15(2)16(3)24(21)32-25(18)20/h5-13H,4,14H2,1-3H3,(H,27,28). The second-order valence-corrected chi connectivity index (χ2v) is 7.63. The zero-order valence-electron chi connectivity index (χ0n) is 18.2. The number of rotatable bonds is 5. The predicted octanol–water partition coefficient (Wildman–Crippen LogP) is 4.92. The molecule has 0 aliphatic carbocycles. The number of aryl methyl sites for hydroxylation is 2. The van der Waals surface area contributed by atoms with Gasteiger partial charge in [-0.3, -0.25) is 9.59 Å². The van der Waals surface area contributed by atoms with Crippen LogP contribution in [0.5, 0.6) is 0 Å². The molecule has 6 nitrogen and oxygen atoms in total. The average Bonchev–Trinajstić information content (AvgIpc) is 2.78. The molecule has 6 heteroatoms. The van der Waals surface area contributed by atoms with E-state index < -0.39 is 5.97 Å². The maximum absolute atomic E-state index is 13.0. The van der Waals surface area contributed by atoms with Crippen molar-refractivity contribution in [2.75, 3.05) is 11.9 Å². The van der Waals surface area contributed by atoms with Crippen LogP contribution in [0.4, 0.5) is 5.69 Å². The molecule has 0 saturated carbocycles. The molecule has 1 amide bonds. The van der Waals surface area contributed by atoms with E-state index in [9.17, 15) is 14.4 Å². The lowest BCUT2D eigenvalue weighted by atomic mass is 10.0. The van der Waals surface area contributed by atoms with Crippen molar-refractivity contribution in [1.29, 1.82) is 0 Å². The fourth-order valence-electron chi connectivity index (χ4n) is 3.65. The second kappa shape index (κ2) is 8.67. The third-order valence-electron chi connectivity index (χ3n) is 5.50. The first-order chi connectivity index (χ1) is 15.4. The van der Waals surface area contributed by atoms with Crippen LogP contribution in [0.3, 0.4) is 0 Å². The minimum absolute atomic E-state index is 0.0380. The van der Waals surface area contributed by atoms with Crippen molar-refractivity contribution in [1.82, 2.24) is 0 Å².